The summed E-state index contributed by atoms with van der Waals surface area (Å²) in [5, 5.41) is 5.19. The van der Waals surface area contributed by atoms with Crippen LogP contribution in [0.5, 0.6) is 0 Å². The Balaban J connectivity index is 2.16. The lowest BCUT2D eigenvalue weighted by atomic mass is 10.2. The molecule has 2 amide bonds. The SMILES string of the molecule is CC(=O)Nc1cccc(NC(=O)c2ccccc2F)c1. The van der Waals surface area contributed by atoms with E-state index in [-0.39, 0.29) is 11.5 Å². The lowest BCUT2D eigenvalue weighted by Crippen LogP contribution is -2.14. The fourth-order valence-electron chi connectivity index (χ4n) is 1.72. The average molecular weight is 272 g/mol. The molecule has 5 heteroatoms. The largest absolute Gasteiger partial charge is 0.326 e. The summed E-state index contributed by atoms with van der Waals surface area (Å²) >= 11 is 0. The van der Waals surface area contributed by atoms with Crippen molar-refractivity contribution < 1.29 is 14.0 Å². The van der Waals surface area contributed by atoms with Crippen LogP contribution in [0.3, 0.4) is 0 Å². The van der Waals surface area contributed by atoms with Gasteiger partial charge < -0.3 is 10.6 Å². The number of hydrogen-bond donors (Lipinski definition) is 2. The minimum atomic E-state index is -0.581. The van der Waals surface area contributed by atoms with Gasteiger partial charge in [-0.25, -0.2) is 4.39 Å². The Morgan fingerprint density at radius 1 is 0.950 bits per heavy atom. The normalized spacial score (nSPS) is 9.90. The van der Waals surface area contributed by atoms with Gasteiger partial charge in [-0.2, -0.15) is 0 Å². The molecule has 0 fully saturated rings. The first-order valence-corrected chi connectivity index (χ1v) is 6.00. The second-order valence-electron chi connectivity index (χ2n) is 4.20. The molecule has 0 aliphatic rings. The van der Waals surface area contributed by atoms with Gasteiger partial charge in [-0.05, 0) is 30.3 Å². The van der Waals surface area contributed by atoms with Crippen LogP contribution in [0.2, 0.25) is 0 Å². The number of carbonyl (C=O) groups excluding carboxylic acids is 2. The summed E-state index contributed by atoms with van der Waals surface area (Å²) in [6, 6.07) is 12.4. The van der Waals surface area contributed by atoms with Gasteiger partial charge in [0.05, 0.1) is 5.56 Å². The minimum Gasteiger partial charge on any atom is -0.326 e. The van der Waals surface area contributed by atoms with E-state index < -0.39 is 11.7 Å². The van der Waals surface area contributed by atoms with E-state index >= 15 is 0 Å². The monoisotopic (exact) mass is 272 g/mol. The van der Waals surface area contributed by atoms with Gasteiger partial charge in [-0.1, -0.05) is 18.2 Å². The maximum Gasteiger partial charge on any atom is 0.258 e. The van der Waals surface area contributed by atoms with E-state index in [0.29, 0.717) is 11.4 Å². The van der Waals surface area contributed by atoms with Gasteiger partial charge in [0.2, 0.25) is 5.91 Å². The van der Waals surface area contributed by atoms with Crippen LogP contribution >= 0.6 is 0 Å². The Morgan fingerprint density at radius 3 is 2.25 bits per heavy atom. The van der Waals surface area contributed by atoms with Gasteiger partial charge in [0.25, 0.3) is 5.91 Å². The highest BCUT2D eigenvalue weighted by atomic mass is 19.1. The van der Waals surface area contributed by atoms with Crippen molar-refractivity contribution in [3.8, 4) is 0 Å². The number of nitrogens with one attached hydrogen (secondary N) is 2. The Morgan fingerprint density at radius 2 is 1.60 bits per heavy atom. The van der Waals surface area contributed by atoms with Crippen molar-refractivity contribution in [2.45, 2.75) is 6.92 Å². The minimum absolute atomic E-state index is 0.0302. The molecule has 0 atom stereocenters. The number of hydrogen-bond acceptors (Lipinski definition) is 2. The van der Waals surface area contributed by atoms with Crippen molar-refractivity contribution in [1.29, 1.82) is 0 Å². The molecule has 0 heterocycles. The number of halogens is 1. The van der Waals surface area contributed by atoms with Crippen molar-refractivity contribution in [2.75, 3.05) is 10.6 Å². The van der Waals surface area contributed by atoms with E-state index in [9.17, 15) is 14.0 Å². The van der Waals surface area contributed by atoms with Crippen molar-refractivity contribution in [1.82, 2.24) is 0 Å². The molecular weight excluding hydrogens is 259 g/mol. The van der Waals surface area contributed by atoms with E-state index in [4.69, 9.17) is 0 Å². The molecule has 4 nitrogen and oxygen atoms in total. The van der Waals surface area contributed by atoms with Gasteiger partial charge >= 0.3 is 0 Å². The predicted octanol–water partition coefficient (Wildman–Crippen LogP) is 3.04. The molecule has 0 radical (unpaired) electrons. The van der Waals surface area contributed by atoms with E-state index in [1.54, 1.807) is 30.3 Å². The molecule has 0 unspecified atom stereocenters. The van der Waals surface area contributed by atoms with Gasteiger partial charge in [0.15, 0.2) is 0 Å². The molecular formula is C15H13FN2O2. The van der Waals surface area contributed by atoms with Crippen LogP contribution in [-0.2, 0) is 4.79 Å². The summed E-state index contributed by atoms with van der Waals surface area (Å²) in [7, 11) is 0. The molecule has 0 saturated heterocycles. The highest BCUT2D eigenvalue weighted by Crippen LogP contribution is 2.16. The highest BCUT2D eigenvalue weighted by molar-refractivity contribution is 6.04. The number of benzene rings is 2. The van der Waals surface area contributed by atoms with Crippen LogP contribution in [0.25, 0.3) is 0 Å². The third kappa shape index (κ3) is 3.41. The molecule has 2 aromatic rings. The van der Waals surface area contributed by atoms with Crippen LogP contribution in [0.4, 0.5) is 15.8 Å². The zero-order valence-electron chi connectivity index (χ0n) is 10.8. The van der Waals surface area contributed by atoms with E-state index in [1.807, 2.05) is 0 Å². The summed E-state index contributed by atoms with van der Waals surface area (Å²) in [6.45, 7) is 1.39. The molecule has 0 bridgehead atoms. The molecule has 102 valence electrons. The van der Waals surface area contributed by atoms with E-state index in [0.717, 1.165) is 0 Å². The van der Waals surface area contributed by atoms with E-state index in [2.05, 4.69) is 10.6 Å². The van der Waals surface area contributed by atoms with Crippen LogP contribution < -0.4 is 10.6 Å². The third-order valence-corrected chi connectivity index (χ3v) is 2.56. The fraction of sp³-hybridized carbons (Fsp3) is 0.0667. The first-order valence-electron chi connectivity index (χ1n) is 6.00. The van der Waals surface area contributed by atoms with Crippen LogP contribution in [0.15, 0.2) is 48.5 Å². The number of amides is 2. The highest BCUT2D eigenvalue weighted by Gasteiger charge is 2.11. The molecule has 0 aliphatic carbocycles. The summed E-state index contributed by atoms with van der Waals surface area (Å²) < 4.78 is 13.5. The first-order chi connectivity index (χ1) is 9.56. The van der Waals surface area contributed by atoms with Crippen LogP contribution in [-0.4, -0.2) is 11.8 Å². The van der Waals surface area contributed by atoms with Gasteiger partial charge in [0, 0.05) is 18.3 Å². The molecule has 2 aromatic carbocycles. The lowest BCUT2D eigenvalue weighted by molar-refractivity contribution is -0.114. The van der Waals surface area contributed by atoms with Crippen molar-refractivity contribution >= 4 is 23.2 Å². The first kappa shape index (κ1) is 13.7. The Hall–Kier alpha value is -2.69. The standard InChI is InChI=1S/C15H13FN2O2/c1-10(19)17-11-5-4-6-12(9-11)18-15(20)13-7-2-3-8-14(13)16/h2-9H,1H3,(H,17,19)(H,18,20). The zero-order chi connectivity index (χ0) is 14.5. The van der Waals surface area contributed by atoms with Crippen LogP contribution in [0, 0.1) is 5.82 Å². The summed E-state index contributed by atoms with van der Waals surface area (Å²) in [6.07, 6.45) is 0. The van der Waals surface area contributed by atoms with Gasteiger partial charge in [0.1, 0.15) is 5.82 Å². The fourth-order valence-corrected chi connectivity index (χ4v) is 1.72. The molecule has 0 saturated carbocycles. The van der Waals surface area contributed by atoms with Crippen molar-refractivity contribution in [3.63, 3.8) is 0 Å². The Bertz CT molecular complexity index is 656. The number of anilines is 2. The van der Waals surface area contributed by atoms with Crippen molar-refractivity contribution in [3.05, 3.63) is 59.9 Å². The van der Waals surface area contributed by atoms with Crippen molar-refractivity contribution in [2.24, 2.45) is 0 Å². The maximum atomic E-state index is 13.5. The molecule has 2 N–H and O–H groups in total. The topological polar surface area (TPSA) is 58.2 Å². The van der Waals surface area contributed by atoms with E-state index in [1.165, 1.54) is 25.1 Å². The summed E-state index contributed by atoms with van der Waals surface area (Å²) in [4.78, 5) is 22.9. The summed E-state index contributed by atoms with van der Waals surface area (Å²) in [5.74, 6) is -1.33. The molecule has 0 spiro atoms. The Labute approximate surface area is 115 Å². The lowest BCUT2D eigenvalue weighted by Gasteiger charge is -2.08. The molecule has 2 rings (SSSR count). The third-order valence-electron chi connectivity index (χ3n) is 2.56. The van der Waals surface area contributed by atoms with Gasteiger partial charge in [-0.3, -0.25) is 9.59 Å². The number of carbonyl (C=O) groups is 2. The van der Waals surface area contributed by atoms with Crippen LogP contribution in [0.1, 0.15) is 17.3 Å². The maximum absolute atomic E-state index is 13.5. The molecule has 0 aliphatic heterocycles. The zero-order valence-corrected chi connectivity index (χ0v) is 10.8. The molecule has 0 aromatic heterocycles. The number of rotatable bonds is 3. The van der Waals surface area contributed by atoms with Gasteiger partial charge in [-0.15, -0.1) is 0 Å². The molecule has 20 heavy (non-hydrogen) atoms. The second kappa shape index (κ2) is 5.97. The Kier molecular flexibility index (Phi) is 4.10. The summed E-state index contributed by atoms with van der Waals surface area (Å²) in [5.41, 5.74) is 1.01. The quantitative estimate of drug-likeness (QED) is 0.902. The average Bonchev–Trinajstić information content (AvgIpc) is 2.38. The predicted molar refractivity (Wildman–Crippen MR) is 75.1 cm³/mol. The second-order valence-corrected chi connectivity index (χ2v) is 4.20. The smallest absolute Gasteiger partial charge is 0.258 e.